The molecule has 0 aliphatic rings. The van der Waals surface area contributed by atoms with Gasteiger partial charge in [-0.05, 0) is 0 Å². The molecule has 22 heavy (non-hydrogen) atoms. The van der Waals surface area contributed by atoms with Gasteiger partial charge in [-0.15, -0.1) is 0 Å². The molecule has 2 aromatic heterocycles. The number of carbonyl (C=O) groups excluding carboxylic acids is 1. The summed E-state index contributed by atoms with van der Waals surface area (Å²) in [4.78, 5) is 35.9. The minimum absolute atomic E-state index is 0.0384. The van der Waals surface area contributed by atoms with Crippen molar-refractivity contribution >= 4 is 34.8 Å². The lowest BCUT2D eigenvalue weighted by atomic mass is 10.4. The Hall–Kier alpha value is -2.95. The molecule has 0 radical (unpaired) electrons. The maximum Gasteiger partial charge on any atom is 0.323 e. The molecule has 11 heteroatoms. The minimum Gasteiger partial charge on any atom is -0.480 e. The summed E-state index contributed by atoms with van der Waals surface area (Å²) in [6.07, 6.45) is 1.37. The van der Waals surface area contributed by atoms with Gasteiger partial charge in [0.15, 0.2) is 11.5 Å². The van der Waals surface area contributed by atoms with Gasteiger partial charge in [-0.1, -0.05) is 0 Å². The maximum atomic E-state index is 12.2. The van der Waals surface area contributed by atoms with Gasteiger partial charge in [0.1, 0.15) is 18.6 Å². The fraction of sp³-hybridized carbons (Fsp3) is 0.364. The second-order valence-electron chi connectivity index (χ2n) is 4.51. The van der Waals surface area contributed by atoms with Gasteiger partial charge in [0.2, 0.25) is 11.9 Å². The molecular formula is C11H16N8O3. The standard InChI is InChI=1S/C11H16N8O3/c12-1-2-18(4-7(21)22)6(20)3-19-5-15-8-9(13)16-11(14)17-10(8)19/h5H,1-4,12H2,(H,21,22)(H4,13,14,16,17). The van der Waals surface area contributed by atoms with Crippen LogP contribution in [0.1, 0.15) is 0 Å². The number of nitrogen functional groups attached to an aromatic ring is 2. The molecule has 0 bridgehead atoms. The zero-order chi connectivity index (χ0) is 16.3. The number of rotatable bonds is 6. The van der Waals surface area contributed by atoms with E-state index in [0.717, 1.165) is 4.90 Å². The molecule has 0 aromatic carbocycles. The van der Waals surface area contributed by atoms with Crippen LogP contribution in [0.2, 0.25) is 0 Å². The number of carbonyl (C=O) groups is 2. The van der Waals surface area contributed by atoms with E-state index in [2.05, 4.69) is 15.0 Å². The smallest absolute Gasteiger partial charge is 0.323 e. The van der Waals surface area contributed by atoms with Crippen LogP contribution in [0.5, 0.6) is 0 Å². The summed E-state index contributed by atoms with van der Waals surface area (Å²) in [6, 6.07) is 0. The first-order valence-corrected chi connectivity index (χ1v) is 6.35. The van der Waals surface area contributed by atoms with E-state index in [4.69, 9.17) is 22.3 Å². The molecule has 0 aliphatic heterocycles. The van der Waals surface area contributed by atoms with Crippen molar-refractivity contribution in [3.8, 4) is 0 Å². The third-order valence-corrected chi connectivity index (χ3v) is 2.89. The molecule has 2 aromatic rings. The molecule has 0 saturated carbocycles. The van der Waals surface area contributed by atoms with Crippen molar-refractivity contribution in [2.75, 3.05) is 31.1 Å². The number of carboxylic acid groups (broad SMARTS) is 1. The predicted molar refractivity (Wildman–Crippen MR) is 77.4 cm³/mol. The largest absolute Gasteiger partial charge is 0.480 e. The highest BCUT2D eigenvalue weighted by Gasteiger charge is 2.18. The van der Waals surface area contributed by atoms with Gasteiger partial charge in [-0.3, -0.25) is 9.59 Å². The second kappa shape index (κ2) is 6.22. The number of nitrogens with two attached hydrogens (primary N) is 3. The number of fused-ring (bicyclic) bond motifs is 1. The quantitative estimate of drug-likeness (QED) is 0.463. The second-order valence-corrected chi connectivity index (χ2v) is 4.51. The monoisotopic (exact) mass is 308 g/mol. The number of aliphatic carboxylic acids is 1. The Morgan fingerprint density at radius 1 is 1.32 bits per heavy atom. The molecule has 0 saturated heterocycles. The van der Waals surface area contributed by atoms with Gasteiger partial charge < -0.3 is 31.8 Å². The lowest BCUT2D eigenvalue weighted by molar-refractivity contribution is -0.144. The molecule has 7 N–H and O–H groups in total. The third-order valence-electron chi connectivity index (χ3n) is 2.89. The Kier molecular flexibility index (Phi) is 4.36. The first-order valence-electron chi connectivity index (χ1n) is 6.35. The number of amides is 1. The van der Waals surface area contributed by atoms with Crippen LogP contribution in [0.3, 0.4) is 0 Å². The SMILES string of the molecule is NCCN(CC(=O)O)C(=O)Cn1cnc2c(N)nc(N)nc21. The number of hydrogen-bond acceptors (Lipinski definition) is 8. The van der Waals surface area contributed by atoms with E-state index in [9.17, 15) is 9.59 Å². The molecular weight excluding hydrogens is 292 g/mol. The van der Waals surface area contributed by atoms with Gasteiger partial charge in [0.05, 0.1) is 6.33 Å². The van der Waals surface area contributed by atoms with Gasteiger partial charge in [0, 0.05) is 13.1 Å². The van der Waals surface area contributed by atoms with Gasteiger partial charge in [-0.2, -0.15) is 9.97 Å². The van der Waals surface area contributed by atoms with Crippen molar-refractivity contribution in [2.24, 2.45) is 5.73 Å². The summed E-state index contributed by atoms with van der Waals surface area (Å²) < 4.78 is 1.43. The Balaban J connectivity index is 2.25. The van der Waals surface area contributed by atoms with E-state index < -0.39 is 18.4 Å². The van der Waals surface area contributed by atoms with E-state index in [1.165, 1.54) is 10.9 Å². The van der Waals surface area contributed by atoms with E-state index in [1.54, 1.807) is 0 Å². The summed E-state index contributed by atoms with van der Waals surface area (Å²) in [7, 11) is 0. The number of hydrogen-bond donors (Lipinski definition) is 4. The molecule has 0 aliphatic carbocycles. The number of aromatic nitrogens is 4. The van der Waals surface area contributed by atoms with Crippen LogP contribution in [0, 0.1) is 0 Å². The van der Waals surface area contributed by atoms with Crippen LogP contribution in [-0.4, -0.2) is 61.0 Å². The number of carboxylic acids is 1. The van der Waals surface area contributed by atoms with Crippen molar-refractivity contribution in [3.63, 3.8) is 0 Å². The van der Waals surface area contributed by atoms with Crippen LogP contribution in [0.25, 0.3) is 11.2 Å². The molecule has 0 fully saturated rings. The molecule has 1 amide bonds. The number of nitrogens with zero attached hydrogens (tertiary/aromatic N) is 5. The Bertz CT molecular complexity index is 713. The van der Waals surface area contributed by atoms with Crippen LogP contribution in [-0.2, 0) is 16.1 Å². The maximum absolute atomic E-state index is 12.2. The lowest BCUT2D eigenvalue weighted by Crippen LogP contribution is -2.40. The summed E-state index contributed by atoms with van der Waals surface area (Å²) in [5.41, 5.74) is 17.2. The van der Waals surface area contributed by atoms with Crippen molar-refractivity contribution in [2.45, 2.75) is 6.54 Å². The highest BCUT2D eigenvalue weighted by molar-refractivity contribution is 5.85. The minimum atomic E-state index is -1.12. The highest BCUT2D eigenvalue weighted by Crippen LogP contribution is 2.16. The van der Waals surface area contributed by atoms with E-state index in [1.807, 2.05) is 0 Å². The van der Waals surface area contributed by atoms with Crippen LogP contribution in [0.15, 0.2) is 6.33 Å². The Morgan fingerprint density at radius 2 is 2.05 bits per heavy atom. The van der Waals surface area contributed by atoms with Crippen LogP contribution >= 0.6 is 0 Å². The van der Waals surface area contributed by atoms with Crippen molar-refractivity contribution in [1.82, 2.24) is 24.4 Å². The van der Waals surface area contributed by atoms with Crippen molar-refractivity contribution < 1.29 is 14.7 Å². The first-order chi connectivity index (χ1) is 10.4. The molecule has 2 rings (SSSR count). The van der Waals surface area contributed by atoms with Gasteiger partial charge >= 0.3 is 5.97 Å². The number of anilines is 2. The molecule has 11 nitrogen and oxygen atoms in total. The Morgan fingerprint density at radius 3 is 2.68 bits per heavy atom. The zero-order valence-corrected chi connectivity index (χ0v) is 11.6. The fourth-order valence-electron chi connectivity index (χ4n) is 1.96. The Labute approximate surface area is 124 Å². The highest BCUT2D eigenvalue weighted by atomic mass is 16.4. The predicted octanol–water partition coefficient (Wildman–Crippen LogP) is -2.14. The summed E-state index contributed by atoms with van der Waals surface area (Å²) in [5.74, 6) is -1.47. The van der Waals surface area contributed by atoms with Crippen LogP contribution in [0.4, 0.5) is 11.8 Å². The van der Waals surface area contributed by atoms with Crippen molar-refractivity contribution in [1.29, 1.82) is 0 Å². The molecule has 0 atom stereocenters. The van der Waals surface area contributed by atoms with E-state index >= 15 is 0 Å². The molecule has 2 heterocycles. The lowest BCUT2D eigenvalue weighted by Gasteiger charge is -2.20. The zero-order valence-electron chi connectivity index (χ0n) is 11.6. The van der Waals surface area contributed by atoms with Crippen molar-refractivity contribution in [3.05, 3.63) is 6.33 Å². The van der Waals surface area contributed by atoms with E-state index in [0.29, 0.717) is 11.2 Å². The summed E-state index contributed by atoms with van der Waals surface area (Å²) in [5, 5.41) is 8.82. The van der Waals surface area contributed by atoms with Gasteiger partial charge in [-0.25, -0.2) is 4.98 Å². The summed E-state index contributed by atoms with van der Waals surface area (Å²) >= 11 is 0. The first kappa shape index (κ1) is 15.4. The fourth-order valence-corrected chi connectivity index (χ4v) is 1.96. The molecule has 0 unspecified atom stereocenters. The summed E-state index contributed by atoms with van der Waals surface area (Å²) in [6.45, 7) is -0.287. The number of imidazole rings is 1. The third kappa shape index (κ3) is 3.20. The molecule has 0 spiro atoms. The van der Waals surface area contributed by atoms with E-state index in [-0.39, 0.29) is 31.4 Å². The molecule has 118 valence electrons. The van der Waals surface area contributed by atoms with Crippen LogP contribution < -0.4 is 17.2 Å². The van der Waals surface area contributed by atoms with Gasteiger partial charge in [0.25, 0.3) is 0 Å². The topological polar surface area (TPSA) is 179 Å². The average molecular weight is 308 g/mol. The normalized spacial score (nSPS) is 10.8. The average Bonchev–Trinajstić information content (AvgIpc) is 2.81.